The van der Waals surface area contributed by atoms with Crippen LogP contribution in [0.3, 0.4) is 0 Å². The van der Waals surface area contributed by atoms with Crippen molar-refractivity contribution in [1.29, 1.82) is 0 Å². The molecular weight excluding hydrogens is 507 g/mol. The topological polar surface area (TPSA) is 49.3 Å². The maximum atomic E-state index is 10.5. The van der Waals surface area contributed by atoms with Crippen LogP contribution in [-0.4, -0.2) is 21.9 Å². The summed E-state index contributed by atoms with van der Waals surface area (Å²) in [6.07, 6.45) is 40.1. The maximum absolute atomic E-state index is 10.5. The molecule has 0 radical (unpaired) electrons. The van der Waals surface area contributed by atoms with Crippen molar-refractivity contribution in [3.8, 4) is 0 Å². The lowest BCUT2D eigenvalue weighted by Crippen LogP contribution is -2.17. The number of carboxylic acid groups (broad SMARTS) is 1. The minimum Gasteiger partial charge on any atom is -0.481 e. The van der Waals surface area contributed by atoms with Crippen molar-refractivity contribution < 1.29 is 9.90 Å². The molecule has 0 aromatic carbocycles. The molecule has 0 atom stereocenters. The van der Waals surface area contributed by atoms with Crippen molar-refractivity contribution in [3.63, 3.8) is 0 Å². The van der Waals surface area contributed by atoms with Crippen LogP contribution in [0.4, 0.5) is 0 Å². The summed E-state index contributed by atoms with van der Waals surface area (Å²) < 4.78 is 0.622. The van der Waals surface area contributed by atoms with Crippen LogP contribution in [-0.2, 0) is 4.79 Å². The Hall–Kier alpha value is -0.290. The third-order valence-electron chi connectivity index (χ3n) is 7.84. The molecule has 38 heavy (non-hydrogen) atoms. The number of unbranched alkanes of at least 4 members (excludes halogenated alkanes) is 28. The van der Waals surface area contributed by atoms with Gasteiger partial charge >= 0.3 is 5.97 Å². The second kappa shape index (κ2) is 32.9. The Morgan fingerprint density at radius 2 is 0.658 bits per heavy atom. The zero-order valence-corrected chi connectivity index (χ0v) is 26.8. The molecule has 0 unspecified atom stereocenters. The molecule has 3 nitrogen and oxygen atoms in total. The van der Waals surface area contributed by atoms with E-state index in [1.165, 1.54) is 173 Å². The average molecular weight is 572 g/mol. The van der Waals surface area contributed by atoms with E-state index in [0.29, 0.717) is 10.7 Å². The summed E-state index contributed by atoms with van der Waals surface area (Å²) in [4.78, 5) is 10.5. The summed E-state index contributed by atoms with van der Waals surface area (Å²) in [6.45, 7) is 0.979. The number of nitrogens with one attached hydrogen (secondary N) is 1. The zero-order chi connectivity index (χ0) is 27.8. The van der Waals surface area contributed by atoms with Crippen molar-refractivity contribution in [1.82, 2.24) is 5.32 Å². The lowest BCUT2D eigenvalue weighted by Gasteiger charge is -2.05. The summed E-state index contributed by atoms with van der Waals surface area (Å²) >= 11 is 8.97. The van der Waals surface area contributed by atoms with E-state index in [-0.39, 0.29) is 0 Å². The van der Waals surface area contributed by atoms with Gasteiger partial charge < -0.3 is 10.4 Å². The van der Waals surface area contributed by atoms with Gasteiger partial charge in [0.2, 0.25) is 0 Å². The Kier molecular flexibility index (Phi) is 32.7. The molecule has 0 bridgehead atoms. The minimum atomic E-state index is -0.651. The smallest absolute Gasteiger partial charge is 0.303 e. The Labute approximate surface area is 248 Å². The fraction of sp³-hybridized carbons (Fsp3) is 0.939. The SMILES string of the molecule is O=C(O)CCCCCCCCCCCCCCCCCCCCCCCCCCCCCCCNC(=S)S. The average Bonchev–Trinajstić information content (AvgIpc) is 2.89. The van der Waals surface area contributed by atoms with E-state index >= 15 is 0 Å². The van der Waals surface area contributed by atoms with Gasteiger partial charge in [-0.3, -0.25) is 4.79 Å². The van der Waals surface area contributed by atoms with Gasteiger partial charge in [0.1, 0.15) is 4.32 Å². The number of hydrogen-bond donors (Lipinski definition) is 3. The Bertz CT molecular complexity index is 457. The fourth-order valence-corrected chi connectivity index (χ4v) is 5.58. The predicted molar refractivity (Wildman–Crippen MR) is 176 cm³/mol. The molecule has 0 aromatic rings. The van der Waals surface area contributed by atoms with Crippen LogP contribution < -0.4 is 5.32 Å². The van der Waals surface area contributed by atoms with Gasteiger partial charge in [-0.15, -0.1) is 12.6 Å². The number of aliphatic carboxylic acids is 1. The normalized spacial score (nSPS) is 11.2. The van der Waals surface area contributed by atoms with E-state index in [2.05, 4.69) is 17.9 Å². The molecule has 0 saturated heterocycles. The molecule has 0 fully saturated rings. The largest absolute Gasteiger partial charge is 0.481 e. The van der Waals surface area contributed by atoms with Gasteiger partial charge in [0.05, 0.1) is 0 Å². The lowest BCUT2D eigenvalue weighted by atomic mass is 10.0. The van der Waals surface area contributed by atoms with Gasteiger partial charge in [0.15, 0.2) is 0 Å². The summed E-state index contributed by atoms with van der Waals surface area (Å²) in [6, 6.07) is 0. The number of carboxylic acids is 1. The number of thiol groups is 1. The van der Waals surface area contributed by atoms with Crippen LogP contribution in [0.1, 0.15) is 193 Å². The highest BCUT2D eigenvalue weighted by molar-refractivity contribution is 8.11. The molecule has 226 valence electrons. The lowest BCUT2D eigenvalue weighted by molar-refractivity contribution is -0.137. The van der Waals surface area contributed by atoms with E-state index in [9.17, 15) is 4.79 Å². The third kappa shape index (κ3) is 35.7. The second-order valence-electron chi connectivity index (χ2n) is 11.6. The van der Waals surface area contributed by atoms with E-state index < -0.39 is 5.97 Å². The van der Waals surface area contributed by atoms with Gasteiger partial charge in [-0.2, -0.15) is 0 Å². The van der Waals surface area contributed by atoms with Crippen LogP contribution in [0, 0.1) is 0 Å². The van der Waals surface area contributed by atoms with Crippen LogP contribution in [0.5, 0.6) is 0 Å². The highest BCUT2D eigenvalue weighted by Gasteiger charge is 1.98. The van der Waals surface area contributed by atoms with Crippen molar-refractivity contribution in [2.75, 3.05) is 6.54 Å². The second-order valence-corrected chi connectivity index (χ2v) is 12.8. The number of thiocarbonyl (C=S) groups is 1. The molecule has 0 aliphatic carbocycles. The number of carbonyl (C=O) groups is 1. The van der Waals surface area contributed by atoms with E-state index in [0.717, 1.165) is 19.4 Å². The molecule has 0 heterocycles. The van der Waals surface area contributed by atoms with Crippen molar-refractivity contribution in [2.45, 2.75) is 193 Å². The molecule has 0 saturated carbocycles. The van der Waals surface area contributed by atoms with E-state index in [1.807, 2.05) is 0 Å². The van der Waals surface area contributed by atoms with Crippen molar-refractivity contribution in [2.24, 2.45) is 0 Å². The quantitative estimate of drug-likeness (QED) is 0.0427. The third-order valence-corrected chi connectivity index (χ3v) is 8.15. The molecule has 0 amide bonds. The standard InChI is InChI=1S/C33H65NO2S2/c35-32(36)30-28-26-24-22-20-18-16-14-12-10-8-6-4-2-1-3-5-7-9-11-13-15-17-19-21-23-25-27-29-31-34-33(37)38/h1-31H2,(H,35,36)(H2,34,37,38). The summed E-state index contributed by atoms with van der Waals surface area (Å²) in [5, 5.41) is 11.7. The Morgan fingerprint density at radius 1 is 0.447 bits per heavy atom. The highest BCUT2D eigenvalue weighted by atomic mass is 32.1. The molecule has 2 N–H and O–H groups in total. The molecule has 0 spiro atoms. The van der Waals surface area contributed by atoms with Gasteiger partial charge in [-0.25, -0.2) is 0 Å². The first-order chi connectivity index (χ1) is 18.6. The predicted octanol–water partition coefficient (Wildman–Crippen LogP) is 11.6. The van der Waals surface area contributed by atoms with Crippen LogP contribution in [0.25, 0.3) is 0 Å². The molecule has 0 aliphatic heterocycles. The van der Waals surface area contributed by atoms with Crippen molar-refractivity contribution >= 4 is 35.1 Å². The zero-order valence-electron chi connectivity index (χ0n) is 25.1. The first-order valence-electron chi connectivity index (χ1n) is 16.8. The first-order valence-corrected chi connectivity index (χ1v) is 17.7. The van der Waals surface area contributed by atoms with Crippen LogP contribution in [0.2, 0.25) is 0 Å². The summed E-state index contributed by atoms with van der Waals surface area (Å²) in [5.41, 5.74) is 0. The molecule has 0 aliphatic rings. The number of hydrogen-bond acceptors (Lipinski definition) is 2. The monoisotopic (exact) mass is 571 g/mol. The number of rotatable bonds is 32. The van der Waals surface area contributed by atoms with Crippen LogP contribution in [0.15, 0.2) is 0 Å². The molecule has 5 heteroatoms. The van der Waals surface area contributed by atoms with E-state index in [4.69, 9.17) is 17.3 Å². The first kappa shape index (κ1) is 37.7. The maximum Gasteiger partial charge on any atom is 0.303 e. The van der Waals surface area contributed by atoms with Crippen molar-refractivity contribution in [3.05, 3.63) is 0 Å². The van der Waals surface area contributed by atoms with E-state index in [1.54, 1.807) is 0 Å². The Balaban J connectivity index is 3.04. The summed E-state index contributed by atoms with van der Waals surface area (Å²) in [5.74, 6) is -0.651. The fourth-order valence-electron chi connectivity index (χ4n) is 5.37. The van der Waals surface area contributed by atoms with Gasteiger partial charge in [-0.05, 0) is 12.8 Å². The van der Waals surface area contributed by atoms with Gasteiger partial charge in [0, 0.05) is 13.0 Å². The van der Waals surface area contributed by atoms with Gasteiger partial charge in [-0.1, -0.05) is 186 Å². The Morgan fingerprint density at radius 3 is 0.868 bits per heavy atom. The molecule has 0 aromatic heterocycles. The van der Waals surface area contributed by atoms with Crippen LogP contribution >= 0.6 is 24.8 Å². The van der Waals surface area contributed by atoms with Gasteiger partial charge in [0.25, 0.3) is 0 Å². The highest BCUT2D eigenvalue weighted by Crippen LogP contribution is 2.16. The molecular formula is C33H65NO2S2. The summed E-state index contributed by atoms with van der Waals surface area (Å²) in [7, 11) is 0. The minimum absolute atomic E-state index is 0.343. The molecule has 0 rings (SSSR count).